The number of nitrogens with two attached hydrogens (primary N) is 1. The van der Waals surface area contributed by atoms with E-state index in [1.807, 2.05) is 0 Å². The number of nitrogens with zero attached hydrogens (tertiary/aromatic N) is 1. The Bertz CT molecular complexity index is 247. The first kappa shape index (κ1) is 16.3. The van der Waals surface area contributed by atoms with Gasteiger partial charge in [0.1, 0.15) is 0 Å². The summed E-state index contributed by atoms with van der Waals surface area (Å²) in [6.45, 7) is 12.0. The molecule has 2 aliphatic carbocycles. The van der Waals surface area contributed by atoms with Crippen LogP contribution in [-0.4, -0.2) is 30.1 Å². The van der Waals surface area contributed by atoms with E-state index in [2.05, 4.69) is 32.6 Å². The van der Waals surface area contributed by atoms with Crippen molar-refractivity contribution in [1.29, 1.82) is 0 Å². The van der Waals surface area contributed by atoms with Crippen molar-refractivity contribution in [3.05, 3.63) is 0 Å². The van der Waals surface area contributed by atoms with Gasteiger partial charge in [-0.2, -0.15) is 0 Å². The molecular weight excluding hydrogens is 244 g/mol. The molecule has 4 unspecified atom stereocenters. The zero-order valence-corrected chi connectivity index (χ0v) is 14.1. The standard InChI is InChI=1S/C18H36N2/c1-13-7-8-14(2)17(13)20(12-6-5-11-19)18-15(3)9-10-16(18)4/h13-18H,5-12,19H2,1-4H3. The Morgan fingerprint density at radius 2 is 1.15 bits per heavy atom. The molecule has 2 N–H and O–H groups in total. The number of rotatable bonds is 6. The minimum absolute atomic E-state index is 0.820. The fraction of sp³-hybridized carbons (Fsp3) is 1.00. The molecule has 2 heteroatoms. The van der Waals surface area contributed by atoms with Crippen molar-refractivity contribution in [2.45, 2.75) is 78.3 Å². The van der Waals surface area contributed by atoms with E-state index in [9.17, 15) is 0 Å². The second-order valence-corrected chi connectivity index (χ2v) is 7.78. The lowest BCUT2D eigenvalue weighted by Gasteiger charge is -2.42. The van der Waals surface area contributed by atoms with Gasteiger partial charge in [0.05, 0.1) is 0 Å². The van der Waals surface area contributed by atoms with E-state index >= 15 is 0 Å². The van der Waals surface area contributed by atoms with Crippen LogP contribution in [0.25, 0.3) is 0 Å². The minimum Gasteiger partial charge on any atom is -0.330 e. The Kier molecular flexibility index (Phi) is 5.92. The van der Waals surface area contributed by atoms with Crippen LogP contribution < -0.4 is 5.73 Å². The summed E-state index contributed by atoms with van der Waals surface area (Å²) in [5.41, 5.74) is 5.71. The molecule has 0 heterocycles. The Morgan fingerprint density at radius 1 is 0.750 bits per heavy atom. The van der Waals surface area contributed by atoms with E-state index in [1.165, 1.54) is 45.1 Å². The van der Waals surface area contributed by atoms with Crippen molar-refractivity contribution in [1.82, 2.24) is 4.90 Å². The van der Waals surface area contributed by atoms with Crippen molar-refractivity contribution in [3.8, 4) is 0 Å². The summed E-state index contributed by atoms with van der Waals surface area (Å²) in [7, 11) is 0. The summed E-state index contributed by atoms with van der Waals surface area (Å²) < 4.78 is 0. The van der Waals surface area contributed by atoms with Gasteiger partial charge in [0.15, 0.2) is 0 Å². The number of unbranched alkanes of at least 4 members (excludes halogenated alkanes) is 1. The molecule has 0 aromatic carbocycles. The third kappa shape index (κ3) is 3.39. The summed E-state index contributed by atoms with van der Waals surface area (Å²) in [5, 5.41) is 0. The first-order valence-electron chi connectivity index (χ1n) is 9.02. The van der Waals surface area contributed by atoms with E-state index in [4.69, 9.17) is 5.73 Å². The largest absolute Gasteiger partial charge is 0.330 e. The van der Waals surface area contributed by atoms with Crippen LogP contribution in [0.3, 0.4) is 0 Å². The highest BCUT2D eigenvalue weighted by atomic mass is 15.2. The van der Waals surface area contributed by atoms with Crippen molar-refractivity contribution in [2.75, 3.05) is 13.1 Å². The molecule has 20 heavy (non-hydrogen) atoms. The third-order valence-electron chi connectivity index (χ3n) is 6.12. The fourth-order valence-electron chi connectivity index (χ4n) is 5.10. The zero-order valence-electron chi connectivity index (χ0n) is 14.1. The molecule has 0 amide bonds. The predicted octanol–water partition coefficient (Wildman–Crippen LogP) is 3.90. The smallest absolute Gasteiger partial charge is 0.0150 e. The third-order valence-corrected chi connectivity index (χ3v) is 6.12. The van der Waals surface area contributed by atoms with E-state index in [0.29, 0.717) is 0 Å². The van der Waals surface area contributed by atoms with Gasteiger partial charge in [-0.05, 0) is 75.3 Å². The van der Waals surface area contributed by atoms with Crippen LogP contribution >= 0.6 is 0 Å². The van der Waals surface area contributed by atoms with E-state index in [0.717, 1.165) is 42.3 Å². The topological polar surface area (TPSA) is 29.3 Å². The van der Waals surface area contributed by atoms with Crippen LogP contribution in [0, 0.1) is 23.7 Å². The molecule has 0 radical (unpaired) electrons. The van der Waals surface area contributed by atoms with Crippen molar-refractivity contribution < 1.29 is 0 Å². The van der Waals surface area contributed by atoms with Crippen molar-refractivity contribution >= 4 is 0 Å². The molecule has 2 saturated carbocycles. The van der Waals surface area contributed by atoms with Gasteiger partial charge >= 0.3 is 0 Å². The van der Waals surface area contributed by atoms with Gasteiger partial charge in [0.25, 0.3) is 0 Å². The molecule has 0 aromatic heterocycles. The normalized spacial score (nSPS) is 41.7. The first-order valence-corrected chi connectivity index (χ1v) is 9.02. The lowest BCUT2D eigenvalue weighted by molar-refractivity contribution is 0.0495. The van der Waals surface area contributed by atoms with Gasteiger partial charge in [0, 0.05) is 12.1 Å². The Balaban J connectivity index is 2.11. The molecule has 0 aromatic rings. The van der Waals surface area contributed by atoms with Crippen molar-refractivity contribution in [2.24, 2.45) is 29.4 Å². The summed E-state index contributed by atoms with van der Waals surface area (Å²) in [6.07, 6.45) is 8.16. The van der Waals surface area contributed by atoms with Crippen LogP contribution in [0.15, 0.2) is 0 Å². The van der Waals surface area contributed by atoms with Gasteiger partial charge < -0.3 is 5.73 Å². The Labute approximate surface area is 126 Å². The minimum atomic E-state index is 0.820. The van der Waals surface area contributed by atoms with E-state index < -0.39 is 0 Å². The van der Waals surface area contributed by atoms with Crippen LogP contribution in [0.5, 0.6) is 0 Å². The molecule has 4 atom stereocenters. The van der Waals surface area contributed by atoms with Gasteiger partial charge in [-0.3, -0.25) is 4.90 Å². The first-order chi connectivity index (χ1) is 9.56. The van der Waals surface area contributed by atoms with Gasteiger partial charge in [-0.1, -0.05) is 27.7 Å². The molecule has 2 nitrogen and oxygen atoms in total. The maximum Gasteiger partial charge on any atom is 0.0150 e. The molecule has 0 spiro atoms. The molecule has 118 valence electrons. The molecular formula is C18H36N2. The number of hydrogen-bond acceptors (Lipinski definition) is 2. The summed E-state index contributed by atoms with van der Waals surface area (Å²) >= 11 is 0. The Morgan fingerprint density at radius 3 is 1.50 bits per heavy atom. The molecule has 0 aliphatic heterocycles. The van der Waals surface area contributed by atoms with Crippen LogP contribution in [-0.2, 0) is 0 Å². The van der Waals surface area contributed by atoms with E-state index in [1.54, 1.807) is 0 Å². The van der Waals surface area contributed by atoms with Crippen LogP contribution in [0.4, 0.5) is 0 Å². The Hall–Kier alpha value is -0.0800. The molecule has 2 rings (SSSR count). The second-order valence-electron chi connectivity index (χ2n) is 7.78. The molecule has 2 fully saturated rings. The summed E-state index contributed by atoms with van der Waals surface area (Å²) in [6, 6.07) is 1.64. The lowest BCUT2D eigenvalue weighted by Crippen LogP contribution is -2.50. The highest BCUT2D eigenvalue weighted by molar-refractivity contribution is 4.96. The van der Waals surface area contributed by atoms with Gasteiger partial charge in [-0.15, -0.1) is 0 Å². The molecule has 0 saturated heterocycles. The SMILES string of the molecule is CC1CCC(C)C1N(CCCCN)C1C(C)CCC1C. The van der Waals surface area contributed by atoms with Crippen molar-refractivity contribution in [3.63, 3.8) is 0 Å². The predicted molar refractivity (Wildman–Crippen MR) is 87.7 cm³/mol. The highest BCUT2D eigenvalue weighted by Crippen LogP contribution is 2.42. The van der Waals surface area contributed by atoms with E-state index in [-0.39, 0.29) is 0 Å². The van der Waals surface area contributed by atoms with Crippen LogP contribution in [0.2, 0.25) is 0 Å². The van der Waals surface area contributed by atoms with Gasteiger partial charge in [0.2, 0.25) is 0 Å². The summed E-state index contributed by atoms with van der Waals surface area (Å²) in [5.74, 6) is 3.51. The van der Waals surface area contributed by atoms with Crippen LogP contribution in [0.1, 0.15) is 66.2 Å². The molecule has 0 bridgehead atoms. The quantitative estimate of drug-likeness (QED) is 0.748. The number of hydrogen-bond donors (Lipinski definition) is 1. The fourth-order valence-corrected chi connectivity index (χ4v) is 5.10. The second kappa shape index (κ2) is 7.26. The van der Waals surface area contributed by atoms with Gasteiger partial charge in [-0.25, -0.2) is 0 Å². The maximum atomic E-state index is 5.71. The summed E-state index contributed by atoms with van der Waals surface area (Å²) in [4.78, 5) is 2.93. The lowest BCUT2D eigenvalue weighted by atomic mass is 9.90. The average Bonchev–Trinajstić information content (AvgIpc) is 2.91. The monoisotopic (exact) mass is 280 g/mol. The average molecular weight is 280 g/mol. The maximum absolute atomic E-state index is 5.71. The highest BCUT2D eigenvalue weighted by Gasteiger charge is 2.42. The zero-order chi connectivity index (χ0) is 14.7. The molecule has 2 aliphatic rings.